The molecule has 32 heavy (non-hydrogen) atoms. The second-order valence-electron chi connectivity index (χ2n) is 7.94. The molecule has 168 valence electrons. The highest BCUT2D eigenvalue weighted by atomic mass is 35.5. The molecule has 2 amide bonds. The van der Waals surface area contributed by atoms with Crippen LogP contribution < -0.4 is 5.32 Å². The summed E-state index contributed by atoms with van der Waals surface area (Å²) < 4.78 is 15.7. The first-order valence-corrected chi connectivity index (χ1v) is 10.9. The Bertz CT molecular complexity index is 1140. The number of rotatable bonds is 7. The van der Waals surface area contributed by atoms with Crippen molar-refractivity contribution in [2.75, 3.05) is 6.54 Å². The van der Waals surface area contributed by atoms with E-state index in [2.05, 4.69) is 10.4 Å². The molecule has 1 heterocycles. The third-order valence-electron chi connectivity index (χ3n) is 5.82. The molecule has 2 N–H and O–H groups in total. The molecule has 9 heteroatoms. The van der Waals surface area contributed by atoms with E-state index in [-0.39, 0.29) is 36.1 Å². The van der Waals surface area contributed by atoms with Gasteiger partial charge in [0.05, 0.1) is 35.4 Å². The van der Waals surface area contributed by atoms with Gasteiger partial charge in [-0.15, -0.1) is 0 Å². The van der Waals surface area contributed by atoms with E-state index in [1.54, 1.807) is 16.9 Å². The Balaban J connectivity index is 1.47. The number of halogens is 2. The number of para-hydroxylation sites is 1. The van der Waals surface area contributed by atoms with Crippen molar-refractivity contribution in [3.63, 3.8) is 0 Å². The summed E-state index contributed by atoms with van der Waals surface area (Å²) in [5, 5.41) is 18.2. The summed E-state index contributed by atoms with van der Waals surface area (Å²) in [6.07, 6.45) is 2.96. The minimum Gasteiger partial charge on any atom is -0.391 e. The van der Waals surface area contributed by atoms with E-state index < -0.39 is 23.9 Å². The fraction of sp³-hybridized carbons (Fsp3) is 0.348. The smallest absolute Gasteiger partial charge is 0.245 e. The molecule has 3 aromatic rings. The summed E-state index contributed by atoms with van der Waals surface area (Å²) in [6.45, 7) is -0.334. The van der Waals surface area contributed by atoms with Crippen molar-refractivity contribution in [3.05, 3.63) is 65.1 Å². The highest BCUT2D eigenvalue weighted by molar-refractivity contribution is 6.30. The Morgan fingerprint density at radius 3 is 2.81 bits per heavy atom. The van der Waals surface area contributed by atoms with E-state index in [0.717, 1.165) is 17.3 Å². The molecule has 2 aromatic carbocycles. The molecule has 7 nitrogen and oxygen atoms in total. The largest absolute Gasteiger partial charge is 0.391 e. The zero-order valence-electron chi connectivity index (χ0n) is 17.4. The summed E-state index contributed by atoms with van der Waals surface area (Å²) in [4.78, 5) is 27.2. The topological polar surface area (TPSA) is 87.5 Å². The van der Waals surface area contributed by atoms with Crippen LogP contribution in [0.4, 0.5) is 4.39 Å². The van der Waals surface area contributed by atoms with Gasteiger partial charge in [0.15, 0.2) is 0 Å². The first-order valence-electron chi connectivity index (χ1n) is 10.5. The van der Waals surface area contributed by atoms with Crippen molar-refractivity contribution < 1.29 is 19.1 Å². The first kappa shape index (κ1) is 22.2. The van der Waals surface area contributed by atoms with E-state index in [1.165, 1.54) is 17.0 Å². The predicted octanol–water partition coefficient (Wildman–Crippen LogP) is 2.89. The molecule has 1 aliphatic carbocycles. The van der Waals surface area contributed by atoms with Gasteiger partial charge in [0, 0.05) is 17.5 Å². The average molecular weight is 459 g/mol. The van der Waals surface area contributed by atoms with Crippen molar-refractivity contribution in [2.24, 2.45) is 0 Å². The van der Waals surface area contributed by atoms with Gasteiger partial charge >= 0.3 is 0 Å². The lowest BCUT2D eigenvalue weighted by Gasteiger charge is -2.30. The first-order chi connectivity index (χ1) is 15.4. The van der Waals surface area contributed by atoms with E-state index >= 15 is 0 Å². The summed E-state index contributed by atoms with van der Waals surface area (Å²) in [6, 6.07) is 11.7. The number of hydrogen-bond donors (Lipinski definition) is 2. The van der Waals surface area contributed by atoms with Crippen LogP contribution in [0.25, 0.3) is 10.9 Å². The van der Waals surface area contributed by atoms with Crippen molar-refractivity contribution in [1.82, 2.24) is 20.0 Å². The van der Waals surface area contributed by atoms with Crippen LogP contribution in [0.1, 0.15) is 24.8 Å². The maximum absolute atomic E-state index is 14.1. The van der Waals surface area contributed by atoms with Crippen LogP contribution in [0.15, 0.2) is 48.7 Å². The molecule has 1 aromatic heterocycles. The molecule has 0 unspecified atom stereocenters. The van der Waals surface area contributed by atoms with Gasteiger partial charge in [0.25, 0.3) is 0 Å². The molecule has 0 bridgehead atoms. The Labute approximate surface area is 189 Å². The van der Waals surface area contributed by atoms with Crippen LogP contribution in [-0.2, 0) is 22.7 Å². The number of benzene rings is 2. The molecular weight excluding hydrogens is 435 g/mol. The number of fused-ring (bicyclic) bond motifs is 1. The van der Waals surface area contributed by atoms with Crippen molar-refractivity contribution in [1.29, 1.82) is 0 Å². The number of aliphatic hydroxyl groups is 1. The second kappa shape index (κ2) is 9.67. The monoisotopic (exact) mass is 458 g/mol. The van der Waals surface area contributed by atoms with Gasteiger partial charge in [-0.25, -0.2) is 4.39 Å². The maximum atomic E-state index is 14.1. The van der Waals surface area contributed by atoms with Gasteiger partial charge in [0.2, 0.25) is 11.8 Å². The molecule has 0 aliphatic heterocycles. The number of nitrogens with zero attached hydrogens (tertiary/aromatic N) is 3. The highest BCUT2D eigenvalue weighted by Crippen LogP contribution is 2.25. The van der Waals surface area contributed by atoms with Crippen molar-refractivity contribution in [3.8, 4) is 0 Å². The molecule has 0 saturated heterocycles. The zero-order chi connectivity index (χ0) is 22.7. The predicted molar refractivity (Wildman–Crippen MR) is 118 cm³/mol. The number of amides is 2. The van der Waals surface area contributed by atoms with Crippen LogP contribution in [-0.4, -0.2) is 50.3 Å². The lowest BCUT2D eigenvalue weighted by Crippen LogP contribution is -2.50. The number of carbonyl (C=O) groups is 2. The molecule has 1 aliphatic rings. The van der Waals surface area contributed by atoms with E-state index in [9.17, 15) is 19.1 Å². The van der Waals surface area contributed by atoms with Gasteiger partial charge in [-0.05, 0) is 31.4 Å². The molecule has 2 atom stereocenters. The fourth-order valence-corrected chi connectivity index (χ4v) is 4.33. The number of hydrogen-bond acceptors (Lipinski definition) is 4. The average Bonchev–Trinajstić information content (AvgIpc) is 3.39. The van der Waals surface area contributed by atoms with Crippen LogP contribution in [0.5, 0.6) is 0 Å². The number of carbonyl (C=O) groups excluding carboxylic acids is 2. The summed E-state index contributed by atoms with van der Waals surface area (Å²) in [5.74, 6) is -1.34. The molecule has 0 spiro atoms. The van der Waals surface area contributed by atoms with Gasteiger partial charge < -0.3 is 15.3 Å². The Kier molecular flexibility index (Phi) is 6.72. The lowest BCUT2D eigenvalue weighted by atomic mass is 10.1. The minimum atomic E-state index is -0.688. The van der Waals surface area contributed by atoms with E-state index in [1.807, 2.05) is 24.3 Å². The SMILES string of the molecule is O=C(CN(C(=O)Cn1ncc2ccccc21)[C@@H]1CCC[C@H]1O)NCc1cccc(Cl)c1F. The molecule has 0 radical (unpaired) electrons. The van der Waals surface area contributed by atoms with E-state index in [0.29, 0.717) is 12.8 Å². The second-order valence-corrected chi connectivity index (χ2v) is 8.35. The third-order valence-corrected chi connectivity index (χ3v) is 6.11. The Hall–Kier alpha value is -2.97. The normalized spacial score (nSPS) is 18.1. The Morgan fingerprint density at radius 1 is 1.22 bits per heavy atom. The van der Waals surface area contributed by atoms with Gasteiger partial charge in [-0.2, -0.15) is 5.10 Å². The molecule has 4 rings (SSSR count). The van der Waals surface area contributed by atoms with Crippen molar-refractivity contribution in [2.45, 2.75) is 44.5 Å². The lowest BCUT2D eigenvalue weighted by molar-refractivity contribution is -0.140. The van der Waals surface area contributed by atoms with E-state index in [4.69, 9.17) is 11.6 Å². The van der Waals surface area contributed by atoms with Gasteiger partial charge in [-0.3, -0.25) is 14.3 Å². The zero-order valence-corrected chi connectivity index (χ0v) is 18.1. The summed E-state index contributed by atoms with van der Waals surface area (Å²) >= 11 is 5.79. The van der Waals surface area contributed by atoms with Crippen LogP contribution in [0, 0.1) is 5.82 Å². The standard InChI is InChI=1S/C23H24ClFN4O3/c24-17-7-3-6-16(23(17)25)11-26-21(31)13-28(19-9-4-10-20(19)30)22(32)14-29-18-8-2-1-5-15(18)12-27-29/h1-3,5-8,12,19-20,30H,4,9-11,13-14H2,(H,26,31)/t19-,20-/m1/s1. The molecular formula is C23H24ClFN4O3. The minimum absolute atomic E-state index is 0.0194. The molecule has 1 fully saturated rings. The quantitative estimate of drug-likeness (QED) is 0.570. The Morgan fingerprint density at radius 2 is 2.03 bits per heavy atom. The van der Waals surface area contributed by atoms with Crippen LogP contribution in [0.3, 0.4) is 0 Å². The fourth-order valence-electron chi connectivity index (χ4n) is 4.14. The third kappa shape index (κ3) is 4.76. The highest BCUT2D eigenvalue weighted by Gasteiger charge is 2.35. The number of nitrogens with one attached hydrogen (secondary N) is 1. The molecule has 1 saturated carbocycles. The summed E-state index contributed by atoms with van der Waals surface area (Å²) in [5.41, 5.74) is 1.07. The summed E-state index contributed by atoms with van der Waals surface area (Å²) in [7, 11) is 0. The van der Waals surface area contributed by atoms with Crippen LogP contribution >= 0.6 is 11.6 Å². The van der Waals surface area contributed by atoms with Crippen molar-refractivity contribution >= 4 is 34.3 Å². The van der Waals surface area contributed by atoms with Gasteiger partial charge in [0.1, 0.15) is 12.4 Å². The van der Waals surface area contributed by atoms with Gasteiger partial charge in [-0.1, -0.05) is 41.9 Å². The van der Waals surface area contributed by atoms with Crippen LogP contribution in [0.2, 0.25) is 5.02 Å². The number of aromatic nitrogens is 2. The number of aliphatic hydroxyl groups excluding tert-OH is 1. The maximum Gasteiger partial charge on any atom is 0.245 e.